The Morgan fingerprint density at radius 3 is 2.96 bits per heavy atom. The smallest absolute Gasteiger partial charge is 0.223 e. The summed E-state index contributed by atoms with van der Waals surface area (Å²) >= 11 is 0. The van der Waals surface area contributed by atoms with Crippen molar-refractivity contribution < 1.29 is 9.53 Å². The van der Waals surface area contributed by atoms with Gasteiger partial charge in [-0.1, -0.05) is 12.5 Å². The van der Waals surface area contributed by atoms with Crippen LogP contribution in [0.15, 0.2) is 24.4 Å². The molecule has 5 heteroatoms. The van der Waals surface area contributed by atoms with Gasteiger partial charge in [-0.15, -0.1) is 0 Å². The van der Waals surface area contributed by atoms with E-state index in [9.17, 15) is 4.79 Å². The van der Waals surface area contributed by atoms with Gasteiger partial charge in [-0.05, 0) is 62.1 Å². The topological polar surface area (TPSA) is 54.5 Å². The molecule has 2 atom stereocenters. The summed E-state index contributed by atoms with van der Waals surface area (Å²) in [5.74, 6) is 1.08. The molecule has 3 aliphatic rings. The molecule has 1 spiro atoms. The van der Waals surface area contributed by atoms with Crippen LogP contribution in [0.2, 0.25) is 0 Å². The van der Waals surface area contributed by atoms with Crippen LogP contribution in [-0.4, -0.2) is 48.6 Å². The van der Waals surface area contributed by atoms with E-state index < -0.39 is 0 Å². The summed E-state index contributed by atoms with van der Waals surface area (Å²) in [4.78, 5) is 19.9. The van der Waals surface area contributed by atoms with E-state index in [1.807, 2.05) is 12.3 Å². The van der Waals surface area contributed by atoms with Crippen LogP contribution in [0.5, 0.6) is 0 Å². The highest BCUT2D eigenvalue weighted by molar-refractivity contribution is 5.80. The van der Waals surface area contributed by atoms with Gasteiger partial charge in [-0.2, -0.15) is 0 Å². The molecule has 0 unspecified atom stereocenters. The highest BCUT2D eigenvalue weighted by Crippen LogP contribution is 2.50. The molecule has 1 aromatic rings. The quantitative estimate of drug-likeness (QED) is 0.880. The van der Waals surface area contributed by atoms with Crippen molar-refractivity contribution >= 4 is 5.91 Å². The molecule has 3 fully saturated rings. The van der Waals surface area contributed by atoms with E-state index in [1.165, 1.54) is 12.8 Å². The predicted molar refractivity (Wildman–Crippen MR) is 100 cm³/mol. The van der Waals surface area contributed by atoms with Crippen molar-refractivity contribution in [3.63, 3.8) is 0 Å². The van der Waals surface area contributed by atoms with E-state index in [0.717, 1.165) is 70.8 Å². The highest BCUT2D eigenvalue weighted by Gasteiger charge is 2.50. The normalized spacial score (nSPS) is 30.1. The van der Waals surface area contributed by atoms with Crippen molar-refractivity contribution in [1.29, 1.82) is 0 Å². The molecule has 0 radical (unpaired) electrons. The fraction of sp³-hybridized carbons (Fsp3) is 0.714. The number of carbonyl (C=O) groups is 1. The van der Waals surface area contributed by atoms with Crippen LogP contribution in [0.25, 0.3) is 0 Å². The third-order valence-corrected chi connectivity index (χ3v) is 6.71. The van der Waals surface area contributed by atoms with E-state index in [-0.39, 0.29) is 11.3 Å². The average Bonchev–Trinajstić information content (AvgIpc) is 3.28. The Bertz CT molecular complexity index is 603. The van der Waals surface area contributed by atoms with Crippen molar-refractivity contribution in [2.24, 2.45) is 17.3 Å². The van der Waals surface area contributed by atoms with Gasteiger partial charge in [0.15, 0.2) is 0 Å². The minimum Gasteiger partial charge on any atom is -0.381 e. The molecule has 1 aromatic heterocycles. The fourth-order valence-corrected chi connectivity index (χ4v) is 5.19. The first-order valence-electron chi connectivity index (χ1n) is 10.2. The lowest BCUT2D eigenvalue weighted by Gasteiger charge is -2.31. The molecule has 1 amide bonds. The molecule has 4 rings (SSSR count). The molecule has 26 heavy (non-hydrogen) atoms. The van der Waals surface area contributed by atoms with Gasteiger partial charge >= 0.3 is 0 Å². The third-order valence-electron chi connectivity index (χ3n) is 6.71. The van der Waals surface area contributed by atoms with Crippen LogP contribution in [0.1, 0.15) is 44.2 Å². The largest absolute Gasteiger partial charge is 0.381 e. The van der Waals surface area contributed by atoms with E-state index in [1.54, 1.807) is 0 Å². The van der Waals surface area contributed by atoms with Crippen molar-refractivity contribution in [3.05, 3.63) is 30.1 Å². The van der Waals surface area contributed by atoms with Gasteiger partial charge in [0.1, 0.15) is 0 Å². The number of pyridine rings is 1. The van der Waals surface area contributed by atoms with Crippen molar-refractivity contribution in [2.75, 3.05) is 32.8 Å². The molecule has 3 heterocycles. The first-order chi connectivity index (χ1) is 12.8. The monoisotopic (exact) mass is 357 g/mol. The van der Waals surface area contributed by atoms with Crippen LogP contribution in [0, 0.1) is 17.3 Å². The highest BCUT2D eigenvalue weighted by atomic mass is 16.5. The first-order valence-corrected chi connectivity index (χ1v) is 10.2. The van der Waals surface area contributed by atoms with Gasteiger partial charge in [0.25, 0.3) is 0 Å². The number of aromatic nitrogens is 1. The van der Waals surface area contributed by atoms with Crippen LogP contribution >= 0.6 is 0 Å². The number of hydrogen-bond acceptors (Lipinski definition) is 4. The molecular weight excluding hydrogens is 326 g/mol. The summed E-state index contributed by atoms with van der Waals surface area (Å²) in [7, 11) is 0. The van der Waals surface area contributed by atoms with E-state index in [2.05, 4.69) is 27.3 Å². The second kappa shape index (κ2) is 8.05. The van der Waals surface area contributed by atoms with Crippen LogP contribution < -0.4 is 5.32 Å². The van der Waals surface area contributed by atoms with Crippen molar-refractivity contribution in [3.8, 4) is 0 Å². The lowest BCUT2D eigenvalue weighted by molar-refractivity contribution is -0.128. The maximum Gasteiger partial charge on any atom is 0.223 e. The number of nitrogens with zero attached hydrogens (tertiary/aromatic N) is 2. The maximum atomic E-state index is 12.9. The number of likely N-dealkylation sites (tertiary alicyclic amines) is 1. The zero-order valence-electron chi connectivity index (χ0n) is 15.7. The zero-order chi connectivity index (χ0) is 17.8. The third kappa shape index (κ3) is 3.94. The summed E-state index contributed by atoms with van der Waals surface area (Å²) in [5.41, 5.74) is 1.32. The summed E-state index contributed by atoms with van der Waals surface area (Å²) in [6, 6.07) is 6.11. The number of hydrogen-bond donors (Lipinski definition) is 1. The minimum absolute atomic E-state index is 0.189. The van der Waals surface area contributed by atoms with Gasteiger partial charge in [0.2, 0.25) is 5.91 Å². The second-order valence-electron chi connectivity index (χ2n) is 8.39. The standard InChI is InChI=1S/C21H31N3O2/c25-20(23-14-17-6-12-26-13-7-17)19-5-3-8-21(19)9-11-24(16-21)15-18-4-1-2-10-22-18/h1-2,4,10,17,19H,3,5-9,11-16H2,(H,23,25)/t19-,21+/m1/s1. The van der Waals surface area contributed by atoms with Crippen molar-refractivity contribution in [2.45, 2.75) is 45.1 Å². The fourth-order valence-electron chi connectivity index (χ4n) is 5.19. The summed E-state index contributed by atoms with van der Waals surface area (Å²) in [5, 5.41) is 3.28. The predicted octanol–water partition coefficient (Wildman–Crippen LogP) is 2.62. The Morgan fingerprint density at radius 2 is 2.15 bits per heavy atom. The molecule has 0 bridgehead atoms. The molecule has 2 aliphatic heterocycles. The van der Waals surface area contributed by atoms with Crippen LogP contribution in [-0.2, 0) is 16.1 Å². The maximum absolute atomic E-state index is 12.9. The molecular formula is C21H31N3O2. The Kier molecular flexibility index (Phi) is 5.55. The molecule has 142 valence electrons. The Hall–Kier alpha value is -1.46. The molecule has 1 aliphatic carbocycles. The summed E-state index contributed by atoms with van der Waals surface area (Å²) < 4.78 is 5.42. The van der Waals surface area contributed by atoms with Gasteiger partial charge in [0.05, 0.1) is 5.69 Å². The zero-order valence-corrected chi connectivity index (χ0v) is 15.7. The van der Waals surface area contributed by atoms with Crippen LogP contribution in [0.4, 0.5) is 0 Å². The van der Waals surface area contributed by atoms with E-state index in [4.69, 9.17) is 4.74 Å². The number of carbonyl (C=O) groups excluding carboxylic acids is 1. The second-order valence-corrected chi connectivity index (χ2v) is 8.39. The van der Waals surface area contributed by atoms with Gasteiger partial charge in [-0.3, -0.25) is 14.7 Å². The first kappa shape index (κ1) is 17.9. The molecule has 1 N–H and O–H groups in total. The van der Waals surface area contributed by atoms with Crippen molar-refractivity contribution in [1.82, 2.24) is 15.2 Å². The minimum atomic E-state index is 0.189. The average molecular weight is 357 g/mol. The van der Waals surface area contributed by atoms with E-state index in [0.29, 0.717) is 11.8 Å². The summed E-state index contributed by atoms with van der Waals surface area (Å²) in [6.45, 7) is 5.54. The van der Waals surface area contributed by atoms with Gasteiger partial charge in [0, 0.05) is 45.0 Å². The Morgan fingerprint density at radius 1 is 1.27 bits per heavy atom. The number of nitrogens with one attached hydrogen (secondary N) is 1. The summed E-state index contributed by atoms with van der Waals surface area (Å²) in [6.07, 6.45) is 8.60. The number of amides is 1. The molecule has 1 saturated carbocycles. The lowest BCUT2D eigenvalue weighted by Crippen LogP contribution is -2.42. The number of ether oxygens (including phenoxy) is 1. The van der Waals surface area contributed by atoms with Gasteiger partial charge in [-0.25, -0.2) is 0 Å². The Balaban J connectivity index is 1.33. The van der Waals surface area contributed by atoms with Gasteiger partial charge < -0.3 is 10.1 Å². The number of rotatable bonds is 5. The molecule has 2 saturated heterocycles. The molecule has 5 nitrogen and oxygen atoms in total. The van der Waals surface area contributed by atoms with Crippen LogP contribution in [0.3, 0.4) is 0 Å². The molecule has 0 aromatic carbocycles. The van der Waals surface area contributed by atoms with E-state index >= 15 is 0 Å². The lowest BCUT2D eigenvalue weighted by atomic mass is 9.76. The Labute approximate surface area is 156 Å². The SMILES string of the molecule is O=C(NCC1CCOCC1)[C@H]1CCC[C@@]12CCN(Cc1ccccn1)C2.